The summed E-state index contributed by atoms with van der Waals surface area (Å²) in [6.07, 6.45) is 10.2. The molecule has 6 aromatic heterocycles. The highest BCUT2D eigenvalue weighted by molar-refractivity contribution is 5.88. The van der Waals surface area contributed by atoms with Crippen LogP contribution in [0.2, 0.25) is 0 Å². The number of nitrogens with one attached hydrogen (secondary N) is 3. The van der Waals surface area contributed by atoms with Gasteiger partial charge in [0.1, 0.15) is 16.6 Å². The maximum atomic E-state index is 4.73. The van der Waals surface area contributed by atoms with Crippen LogP contribution in [0.5, 0.6) is 0 Å². The molecule has 0 aliphatic carbocycles. The number of hydrogen-bond donors (Lipinski definition) is 3. The number of pyridine rings is 3. The molecule has 0 saturated carbocycles. The van der Waals surface area contributed by atoms with Crippen LogP contribution < -0.4 is 16.0 Å². The van der Waals surface area contributed by atoms with E-state index in [4.69, 9.17) is 4.98 Å². The van der Waals surface area contributed by atoms with Crippen LogP contribution in [0.25, 0.3) is 33.2 Å². The molecule has 0 aromatic carbocycles. The summed E-state index contributed by atoms with van der Waals surface area (Å²) in [6, 6.07) is 5.10. The standard InChI is InChI=1S/C14H20N4.2C13H18N4/c1-8(2)11-10(5)12-13(16-7-6-15-12)14(18-11)17-9(3)4;1-8(2)10-7-11(16-9(3)4)12-13(17-10)15-6-5-14-12;1-8(2)10-7-11-12(15-6-5-14-11)13(17-10)16-9(3)4/h6-9H,1-5H3,(H,17,18);5-9H,1-4H3,(H,15,16,17);5-9H,1-4H3,(H,16,17). The Labute approximate surface area is 308 Å². The van der Waals surface area contributed by atoms with Crippen LogP contribution in [0, 0.1) is 6.92 Å². The molecule has 6 aromatic rings. The van der Waals surface area contributed by atoms with Crippen LogP contribution in [0.3, 0.4) is 0 Å². The lowest BCUT2D eigenvalue weighted by Crippen LogP contribution is -2.14. The fourth-order valence-electron chi connectivity index (χ4n) is 5.45. The van der Waals surface area contributed by atoms with Crippen molar-refractivity contribution in [2.45, 2.75) is 126 Å². The number of anilines is 3. The molecule has 0 saturated heterocycles. The molecule has 6 rings (SSSR count). The third-order valence-corrected chi connectivity index (χ3v) is 7.86. The van der Waals surface area contributed by atoms with E-state index in [9.17, 15) is 0 Å². The lowest BCUT2D eigenvalue weighted by molar-refractivity contribution is 0.807. The van der Waals surface area contributed by atoms with E-state index in [1.54, 1.807) is 37.2 Å². The first-order chi connectivity index (χ1) is 24.7. The molecular formula is C40H56N12. The molecule has 0 aliphatic rings. The van der Waals surface area contributed by atoms with Crippen LogP contribution in [-0.2, 0) is 0 Å². The van der Waals surface area contributed by atoms with Gasteiger partial charge in [-0.1, -0.05) is 41.5 Å². The minimum Gasteiger partial charge on any atom is -0.381 e. The van der Waals surface area contributed by atoms with Gasteiger partial charge in [-0.2, -0.15) is 0 Å². The summed E-state index contributed by atoms with van der Waals surface area (Å²) in [5.41, 5.74) is 10.4. The smallest absolute Gasteiger partial charge is 0.180 e. The van der Waals surface area contributed by atoms with Crippen molar-refractivity contribution in [3.8, 4) is 0 Å². The molecule has 12 nitrogen and oxygen atoms in total. The van der Waals surface area contributed by atoms with Crippen molar-refractivity contribution < 1.29 is 0 Å². The Hall–Kier alpha value is -5.13. The monoisotopic (exact) mass is 704 g/mol. The molecule has 0 amide bonds. The SMILES string of the molecule is CC(C)Nc1cc(C(C)C)nc2nccnc12.CC(C)Nc1nc(C(C)C)cc2nccnc12.Cc1c(C(C)C)nc(NC(C)C)c2nccnc12. The normalized spacial score (nSPS) is 11.4. The lowest BCUT2D eigenvalue weighted by atomic mass is 10.0. The second-order valence-corrected chi connectivity index (χ2v) is 14.7. The van der Waals surface area contributed by atoms with Gasteiger partial charge in [-0.05, 0) is 83.9 Å². The minimum absolute atomic E-state index is 0.324. The molecule has 52 heavy (non-hydrogen) atoms. The average Bonchev–Trinajstić information content (AvgIpc) is 3.09. The Kier molecular flexibility index (Phi) is 13.6. The first kappa shape index (κ1) is 39.7. The van der Waals surface area contributed by atoms with Gasteiger partial charge in [0.05, 0.1) is 22.4 Å². The van der Waals surface area contributed by atoms with Crippen molar-refractivity contribution in [2.75, 3.05) is 16.0 Å². The fourth-order valence-corrected chi connectivity index (χ4v) is 5.45. The van der Waals surface area contributed by atoms with Gasteiger partial charge in [0.25, 0.3) is 0 Å². The van der Waals surface area contributed by atoms with Gasteiger partial charge in [-0.15, -0.1) is 0 Å². The zero-order valence-electron chi connectivity index (χ0n) is 33.1. The zero-order chi connectivity index (χ0) is 38.1. The molecule has 6 heterocycles. The molecule has 0 fully saturated rings. The Balaban J connectivity index is 0.000000175. The summed E-state index contributed by atoms with van der Waals surface area (Å²) in [5.74, 6) is 2.81. The van der Waals surface area contributed by atoms with E-state index in [1.807, 2.05) is 6.07 Å². The molecule has 0 spiro atoms. The summed E-state index contributed by atoms with van der Waals surface area (Å²) in [4.78, 5) is 40.1. The van der Waals surface area contributed by atoms with E-state index >= 15 is 0 Å². The average molecular weight is 705 g/mol. The maximum absolute atomic E-state index is 4.73. The number of nitrogens with zero attached hydrogens (tertiary/aromatic N) is 9. The van der Waals surface area contributed by atoms with E-state index in [-0.39, 0.29) is 0 Å². The molecule has 276 valence electrons. The molecule has 0 bridgehead atoms. The number of fused-ring (bicyclic) bond motifs is 3. The predicted octanol–water partition coefficient (Wildman–Crippen LogP) is 9.21. The van der Waals surface area contributed by atoms with Crippen molar-refractivity contribution in [1.82, 2.24) is 44.9 Å². The summed E-state index contributed by atoms with van der Waals surface area (Å²) in [6.45, 7) is 27.5. The van der Waals surface area contributed by atoms with Crippen LogP contribution in [-0.4, -0.2) is 63.0 Å². The van der Waals surface area contributed by atoms with Crippen molar-refractivity contribution in [3.63, 3.8) is 0 Å². The molecule has 0 aliphatic heterocycles. The third kappa shape index (κ3) is 10.2. The van der Waals surface area contributed by atoms with E-state index in [0.29, 0.717) is 41.5 Å². The number of aromatic nitrogens is 9. The first-order valence-electron chi connectivity index (χ1n) is 18.3. The van der Waals surface area contributed by atoms with E-state index < -0.39 is 0 Å². The highest BCUT2D eigenvalue weighted by Crippen LogP contribution is 2.28. The highest BCUT2D eigenvalue weighted by atomic mass is 15.0. The van der Waals surface area contributed by atoms with Crippen molar-refractivity contribution in [2.24, 2.45) is 0 Å². The number of hydrogen-bond acceptors (Lipinski definition) is 12. The van der Waals surface area contributed by atoms with Gasteiger partial charge in [0.15, 0.2) is 17.3 Å². The Morgan fingerprint density at radius 3 is 1.48 bits per heavy atom. The van der Waals surface area contributed by atoms with Gasteiger partial charge >= 0.3 is 0 Å². The molecule has 0 unspecified atom stereocenters. The largest absolute Gasteiger partial charge is 0.381 e. The number of aryl methyl sites for hydroxylation is 1. The zero-order valence-corrected chi connectivity index (χ0v) is 33.1. The van der Waals surface area contributed by atoms with Gasteiger partial charge in [0, 0.05) is 66.7 Å². The van der Waals surface area contributed by atoms with Crippen molar-refractivity contribution >= 4 is 50.6 Å². The maximum Gasteiger partial charge on any atom is 0.180 e. The summed E-state index contributed by atoms with van der Waals surface area (Å²) in [5, 5.41) is 10.1. The lowest BCUT2D eigenvalue weighted by Gasteiger charge is -2.16. The van der Waals surface area contributed by atoms with E-state index in [0.717, 1.165) is 67.6 Å². The number of rotatable bonds is 9. The molecule has 0 radical (unpaired) electrons. The second kappa shape index (κ2) is 17.9. The molecule has 3 N–H and O–H groups in total. The summed E-state index contributed by atoms with van der Waals surface area (Å²) in [7, 11) is 0. The van der Waals surface area contributed by atoms with Crippen LogP contribution in [0.15, 0.2) is 49.3 Å². The van der Waals surface area contributed by atoms with Crippen molar-refractivity contribution in [1.29, 1.82) is 0 Å². The van der Waals surface area contributed by atoms with Crippen LogP contribution in [0.1, 0.15) is 123 Å². The Morgan fingerprint density at radius 2 is 0.923 bits per heavy atom. The summed E-state index contributed by atoms with van der Waals surface area (Å²) >= 11 is 0. The molecule has 12 heteroatoms. The van der Waals surface area contributed by atoms with E-state index in [1.165, 1.54) is 0 Å². The Morgan fingerprint density at radius 1 is 0.442 bits per heavy atom. The van der Waals surface area contributed by atoms with Gasteiger partial charge in [0.2, 0.25) is 0 Å². The third-order valence-electron chi connectivity index (χ3n) is 7.86. The van der Waals surface area contributed by atoms with Crippen LogP contribution >= 0.6 is 0 Å². The van der Waals surface area contributed by atoms with Gasteiger partial charge < -0.3 is 16.0 Å². The highest BCUT2D eigenvalue weighted by Gasteiger charge is 2.16. The van der Waals surface area contributed by atoms with Gasteiger partial charge in [-0.3, -0.25) is 9.97 Å². The Bertz CT molecular complexity index is 1980. The summed E-state index contributed by atoms with van der Waals surface area (Å²) < 4.78 is 0. The first-order valence-corrected chi connectivity index (χ1v) is 18.3. The fraction of sp³-hybridized carbons (Fsp3) is 0.475. The topological polar surface area (TPSA) is 152 Å². The second-order valence-electron chi connectivity index (χ2n) is 14.7. The van der Waals surface area contributed by atoms with Crippen LogP contribution in [0.4, 0.5) is 17.3 Å². The molecular weight excluding hydrogens is 649 g/mol. The van der Waals surface area contributed by atoms with E-state index in [2.05, 4.69) is 152 Å². The van der Waals surface area contributed by atoms with Gasteiger partial charge in [-0.25, -0.2) is 34.9 Å². The predicted molar refractivity (Wildman–Crippen MR) is 215 cm³/mol. The quantitative estimate of drug-likeness (QED) is 0.132. The molecule has 0 atom stereocenters. The van der Waals surface area contributed by atoms with Crippen molar-refractivity contribution in [3.05, 3.63) is 72.0 Å². The minimum atomic E-state index is 0.324.